The normalized spacial score (nSPS) is 16.8. The molecule has 0 radical (unpaired) electrons. The van der Waals surface area contributed by atoms with Crippen molar-refractivity contribution >= 4 is 10.9 Å². The van der Waals surface area contributed by atoms with Crippen molar-refractivity contribution in [2.45, 2.75) is 58.1 Å². The van der Waals surface area contributed by atoms with Crippen molar-refractivity contribution in [3.05, 3.63) is 36.5 Å². The molecule has 0 aliphatic heterocycles. The van der Waals surface area contributed by atoms with Crippen LogP contribution in [0.3, 0.4) is 0 Å². The summed E-state index contributed by atoms with van der Waals surface area (Å²) in [5.74, 6) is 1.02. The largest absolute Gasteiger partial charge is 0.484 e. The molecule has 0 unspecified atom stereocenters. The molecule has 1 aromatic heterocycles. The molecule has 1 saturated carbocycles. The Morgan fingerprint density at radius 3 is 2.60 bits per heavy atom. The first-order chi connectivity index (χ1) is 9.74. The van der Waals surface area contributed by atoms with Crippen molar-refractivity contribution in [1.29, 1.82) is 0 Å². The molecule has 20 heavy (non-hydrogen) atoms. The average Bonchev–Trinajstić information content (AvgIpc) is 2.47. The lowest BCUT2D eigenvalue weighted by molar-refractivity contribution is -0.691. The van der Waals surface area contributed by atoms with Gasteiger partial charge in [0, 0.05) is 12.1 Å². The van der Waals surface area contributed by atoms with Crippen LogP contribution in [-0.2, 0) is 0 Å². The van der Waals surface area contributed by atoms with Crippen LogP contribution in [0.5, 0.6) is 5.75 Å². The molecule has 1 aliphatic rings. The zero-order valence-corrected chi connectivity index (χ0v) is 12.5. The Kier molecular flexibility index (Phi) is 3.90. The molecular formula is C18H24NO+. The van der Waals surface area contributed by atoms with Gasteiger partial charge in [0.25, 0.3) is 0 Å². The maximum absolute atomic E-state index is 6.23. The molecule has 3 rings (SSSR count). The van der Waals surface area contributed by atoms with Gasteiger partial charge in [-0.05, 0) is 45.6 Å². The van der Waals surface area contributed by atoms with Crippen molar-refractivity contribution in [3.63, 3.8) is 0 Å². The minimum Gasteiger partial charge on any atom is -0.484 e. The third-order valence-electron chi connectivity index (χ3n) is 4.19. The molecule has 2 heteroatoms. The molecule has 1 heterocycles. The molecule has 0 N–H and O–H groups in total. The van der Waals surface area contributed by atoms with Gasteiger partial charge >= 0.3 is 0 Å². The summed E-state index contributed by atoms with van der Waals surface area (Å²) in [7, 11) is 0. The molecule has 2 aromatic rings. The molecule has 1 aromatic carbocycles. The lowest BCUT2D eigenvalue weighted by atomic mass is 9.98. The van der Waals surface area contributed by atoms with Gasteiger partial charge in [0.15, 0.2) is 11.8 Å². The van der Waals surface area contributed by atoms with E-state index in [1.807, 2.05) is 0 Å². The number of aromatic nitrogens is 1. The minimum absolute atomic E-state index is 0.408. The van der Waals surface area contributed by atoms with Crippen LogP contribution in [0, 0.1) is 0 Å². The average molecular weight is 270 g/mol. The summed E-state index contributed by atoms with van der Waals surface area (Å²) >= 11 is 0. The first kappa shape index (κ1) is 13.4. The van der Waals surface area contributed by atoms with Gasteiger partial charge in [0.1, 0.15) is 0 Å². The molecule has 1 aliphatic carbocycles. The van der Waals surface area contributed by atoms with E-state index < -0.39 is 0 Å². The number of pyridine rings is 1. The van der Waals surface area contributed by atoms with Gasteiger partial charge in [0.2, 0.25) is 11.7 Å². The summed E-state index contributed by atoms with van der Waals surface area (Å²) < 4.78 is 8.55. The first-order valence-corrected chi connectivity index (χ1v) is 7.84. The van der Waals surface area contributed by atoms with E-state index in [1.165, 1.54) is 43.0 Å². The van der Waals surface area contributed by atoms with Crippen LogP contribution in [0.1, 0.15) is 52.0 Å². The van der Waals surface area contributed by atoms with E-state index in [1.54, 1.807) is 0 Å². The van der Waals surface area contributed by atoms with E-state index in [0.717, 1.165) is 5.75 Å². The van der Waals surface area contributed by atoms with E-state index in [2.05, 4.69) is 54.9 Å². The Bertz CT molecular complexity index is 585. The highest BCUT2D eigenvalue weighted by atomic mass is 16.5. The van der Waals surface area contributed by atoms with E-state index in [4.69, 9.17) is 4.74 Å². The number of hydrogen-bond acceptors (Lipinski definition) is 1. The van der Waals surface area contributed by atoms with Crippen molar-refractivity contribution in [2.75, 3.05) is 0 Å². The lowest BCUT2D eigenvalue weighted by Gasteiger charge is -2.22. The summed E-state index contributed by atoms with van der Waals surface area (Å²) in [5.41, 5.74) is 1.28. The number of rotatable bonds is 3. The number of ether oxygens (including phenoxy) is 1. The van der Waals surface area contributed by atoms with Crippen LogP contribution >= 0.6 is 0 Å². The number of benzene rings is 1. The molecule has 2 nitrogen and oxygen atoms in total. The van der Waals surface area contributed by atoms with Crippen molar-refractivity contribution < 1.29 is 9.30 Å². The summed E-state index contributed by atoms with van der Waals surface area (Å²) in [6, 6.07) is 11.2. The highest BCUT2D eigenvalue weighted by Crippen LogP contribution is 2.25. The Hall–Kier alpha value is -1.57. The predicted molar refractivity (Wildman–Crippen MR) is 82.0 cm³/mol. The second-order valence-corrected chi connectivity index (χ2v) is 6.11. The summed E-state index contributed by atoms with van der Waals surface area (Å²) in [5, 5.41) is 1.26. The van der Waals surface area contributed by atoms with Crippen LogP contribution in [0.25, 0.3) is 10.9 Å². The standard InChI is InChI=1S/C18H24NO/c1-14(2)19-13-17(20-16-9-4-3-5-10-16)12-15-8-6-7-11-18(15)19/h6-8,11-14,16H,3-5,9-10H2,1-2H3/q+1. The Labute approximate surface area is 121 Å². The number of hydrogen-bond donors (Lipinski definition) is 0. The molecule has 1 fully saturated rings. The Morgan fingerprint density at radius 1 is 1.10 bits per heavy atom. The van der Waals surface area contributed by atoms with E-state index in [9.17, 15) is 0 Å². The Morgan fingerprint density at radius 2 is 1.85 bits per heavy atom. The first-order valence-electron chi connectivity index (χ1n) is 7.84. The zero-order valence-electron chi connectivity index (χ0n) is 12.5. The zero-order chi connectivity index (χ0) is 13.9. The fourth-order valence-electron chi connectivity index (χ4n) is 3.11. The smallest absolute Gasteiger partial charge is 0.212 e. The van der Waals surface area contributed by atoms with E-state index in [-0.39, 0.29) is 0 Å². The summed E-state index contributed by atoms with van der Waals surface area (Å²) in [4.78, 5) is 0. The van der Waals surface area contributed by atoms with Crippen LogP contribution < -0.4 is 9.30 Å². The monoisotopic (exact) mass is 270 g/mol. The second-order valence-electron chi connectivity index (χ2n) is 6.11. The molecule has 106 valence electrons. The maximum atomic E-state index is 6.23. The van der Waals surface area contributed by atoms with Crippen molar-refractivity contribution in [3.8, 4) is 5.75 Å². The van der Waals surface area contributed by atoms with Gasteiger partial charge < -0.3 is 4.74 Å². The molecule has 0 atom stereocenters. The van der Waals surface area contributed by atoms with E-state index >= 15 is 0 Å². The van der Waals surface area contributed by atoms with Crippen LogP contribution in [0.2, 0.25) is 0 Å². The third-order valence-corrected chi connectivity index (χ3v) is 4.19. The van der Waals surface area contributed by atoms with Gasteiger partial charge in [-0.25, -0.2) is 0 Å². The quantitative estimate of drug-likeness (QED) is 0.752. The molecule has 0 bridgehead atoms. The SMILES string of the molecule is CC(C)[n+]1cc(OC2CCCCC2)cc2ccccc21. The van der Waals surface area contributed by atoms with Gasteiger partial charge in [-0.3, -0.25) is 0 Å². The minimum atomic E-state index is 0.408. The van der Waals surface area contributed by atoms with Gasteiger partial charge in [-0.1, -0.05) is 18.6 Å². The third kappa shape index (κ3) is 2.79. The van der Waals surface area contributed by atoms with E-state index in [0.29, 0.717) is 12.1 Å². The molecule has 0 spiro atoms. The van der Waals surface area contributed by atoms with Crippen LogP contribution in [0.15, 0.2) is 36.5 Å². The molecule has 0 saturated heterocycles. The number of fused-ring (bicyclic) bond motifs is 1. The summed E-state index contributed by atoms with van der Waals surface area (Å²) in [6.45, 7) is 4.44. The summed E-state index contributed by atoms with van der Waals surface area (Å²) in [6.07, 6.45) is 8.96. The molecule has 0 amide bonds. The number of nitrogens with zero attached hydrogens (tertiary/aromatic N) is 1. The molecular weight excluding hydrogens is 246 g/mol. The highest BCUT2D eigenvalue weighted by Gasteiger charge is 2.19. The van der Waals surface area contributed by atoms with Crippen molar-refractivity contribution in [1.82, 2.24) is 0 Å². The van der Waals surface area contributed by atoms with Gasteiger partial charge in [0.05, 0.1) is 11.5 Å². The van der Waals surface area contributed by atoms with Crippen molar-refractivity contribution in [2.24, 2.45) is 0 Å². The maximum Gasteiger partial charge on any atom is 0.212 e. The highest BCUT2D eigenvalue weighted by molar-refractivity contribution is 5.76. The topological polar surface area (TPSA) is 13.1 Å². The fourth-order valence-corrected chi connectivity index (χ4v) is 3.11. The van der Waals surface area contributed by atoms with Crippen LogP contribution in [0.4, 0.5) is 0 Å². The fraction of sp³-hybridized carbons (Fsp3) is 0.500. The van der Waals surface area contributed by atoms with Crippen LogP contribution in [-0.4, -0.2) is 6.10 Å². The second kappa shape index (κ2) is 5.82. The van der Waals surface area contributed by atoms with Gasteiger partial charge in [-0.15, -0.1) is 0 Å². The lowest BCUT2D eigenvalue weighted by Crippen LogP contribution is -2.37. The van der Waals surface area contributed by atoms with Gasteiger partial charge in [-0.2, -0.15) is 4.57 Å². The number of para-hydroxylation sites is 1. The predicted octanol–water partition coefficient (Wildman–Crippen LogP) is 4.42. The Balaban J connectivity index is 1.94.